The van der Waals surface area contributed by atoms with Gasteiger partial charge in [-0.3, -0.25) is 9.69 Å². The van der Waals surface area contributed by atoms with Crippen molar-refractivity contribution in [3.05, 3.63) is 0 Å². The second kappa shape index (κ2) is 7.11. The maximum Gasteiger partial charge on any atom is 0.411 e. The van der Waals surface area contributed by atoms with Gasteiger partial charge in [-0.1, -0.05) is 0 Å². The number of rotatable bonds is 2. The molecular formula is C15H26N2O5S2. The van der Waals surface area contributed by atoms with Crippen molar-refractivity contribution in [2.24, 2.45) is 0 Å². The molecule has 0 unspecified atom stereocenters. The summed E-state index contributed by atoms with van der Waals surface area (Å²) in [6, 6.07) is -0.761. The first kappa shape index (κ1) is 19.4. The van der Waals surface area contributed by atoms with Gasteiger partial charge in [0, 0.05) is 37.4 Å². The molecule has 0 spiro atoms. The van der Waals surface area contributed by atoms with E-state index in [1.165, 1.54) is 4.90 Å². The third-order valence-electron chi connectivity index (χ3n) is 4.10. The molecule has 9 heteroatoms. The van der Waals surface area contributed by atoms with Crippen LogP contribution in [-0.4, -0.2) is 84.5 Å². The Labute approximate surface area is 148 Å². The normalized spacial score (nSPS) is 25.7. The molecule has 2 amide bonds. The molecule has 7 nitrogen and oxygen atoms in total. The Hall–Kier alpha value is -0.960. The molecule has 2 fully saturated rings. The lowest BCUT2D eigenvalue weighted by atomic mass is 10.2. The van der Waals surface area contributed by atoms with Crippen LogP contribution in [0.5, 0.6) is 0 Å². The lowest BCUT2D eigenvalue weighted by molar-refractivity contribution is -0.135. The van der Waals surface area contributed by atoms with Crippen molar-refractivity contribution in [1.82, 2.24) is 9.80 Å². The molecule has 0 aromatic heterocycles. The van der Waals surface area contributed by atoms with E-state index in [-0.39, 0.29) is 18.9 Å². The van der Waals surface area contributed by atoms with Crippen LogP contribution in [0.15, 0.2) is 0 Å². The zero-order chi connectivity index (χ0) is 18.1. The predicted molar refractivity (Wildman–Crippen MR) is 93.9 cm³/mol. The number of ether oxygens (including phenoxy) is 1. The van der Waals surface area contributed by atoms with Crippen LogP contribution < -0.4 is 0 Å². The Morgan fingerprint density at radius 2 is 1.75 bits per heavy atom. The number of sulfone groups is 1. The molecule has 2 aliphatic heterocycles. The molecule has 24 heavy (non-hydrogen) atoms. The van der Waals surface area contributed by atoms with Crippen LogP contribution in [-0.2, 0) is 19.4 Å². The van der Waals surface area contributed by atoms with Crippen molar-refractivity contribution in [2.45, 2.75) is 44.1 Å². The van der Waals surface area contributed by atoms with Crippen LogP contribution in [0.3, 0.4) is 0 Å². The van der Waals surface area contributed by atoms with Crippen LogP contribution >= 0.6 is 11.8 Å². The van der Waals surface area contributed by atoms with Crippen LogP contribution in [0.1, 0.15) is 27.2 Å². The summed E-state index contributed by atoms with van der Waals surface area (Å²) in [6.07, 6.45) is 0.661. The third kappa shape index (κ3) is 4.78. The Morgan fingerprint density at radius 1 is 1.17 bits per heavy atom. The molecule has 2 rings (SSSR count). The van der Waals surface area contributed by atoms with Gasteiger partial charge in [-0.2, -0.15) is 11.8 Å². The van der Waals surface area contributed by atoms with Crippen molar-refractivity contribution >= 4 is 33.6 Å². The Balaban J connectivity index is 2.20. The highest BCUT2D eigenvalue weighted by Crippen LogP contribution is 2.27. The number of nitrogens with zero attached hydrogens (tertiary/aromatic N) is 2. The lowest BCUT2D eigenvalue weighted by Crippen LogP contribution is -2.50. The second-order valence-corrected chi connectivity index (χ2v) is 10.8. The highest BCUT2D eigenvalue weighted by molar-refractivity contribution is 7.99. The standard InChI is InChI=1S/C15H26N2O5S2/c1-15(2,3)22-14(19)17-10-11(24(4,20)21)9-12(17)13(18)16-5-7-23-8-6-16/h11-12H,5-10H2,1-4H3/t11-,12+/m1/s1. The van der Waals surface area contributed by atoms with Crippen LogP contribution in [0.2, 0.25) is 0 Å². The van der Waals surface area contributed by atoms with Crippen molar-refractivity contribution in [3.8, 4) is 0 Å². The molecule has 2 atom stereocenters. The molecule has 0 bridgehead atoms. The molecule has 0 aromatic carbocycles. The summed E-state index contributed by atoms with van der Waals surface area (Å²) in [7, 11) is -3.33. The minimum absolute atomic E-state index is 0.00669. The van der Waals surface area contributed by atoms with E-state index in [0.717, 1.165) is 17.8 Å². The Kier molecular flexibility index (Phi) is 5.74. The molecule has 2 aliphatic rings. The van der Waals surface area contributed by atoms with E-state index in [1.54, 1.807) is 37.4 Å². The minimum atomic E-state index is -3.33. The third-order valence-corrected chi connectivity index (χ3v) is 6.60. The smallest absolute Gasteiger partial charge is 0.411 e. The van der Waals surface area contributed by atoms with Crippen LogP contribution in [0.4, 0.5) is 4.79 Å². The van der Waals surface area contributed by atoms with Gasteiger partial charge in [0.05, 0.1) is 5.25 Å². The van der Waals surface area contributed by atoms with Gasteiger partial charge in [0.2, 0.25) is 5.91 Å². The maximum absolute atomic E-state index is 12.8. The van der Waals surface area contributed by atoms with E-state index >= 15 is 0 Å². The van der Waals surface area contributed by atoms with Gasteiger partial charge < -0.3 is 9.64 Å². The summed E-state index contributed by atoms with van der Waals surface area (Å²) in [5.41, 5.74) is -0.699. The number of carbonyl (C=O) groups is 2. The summed E-state index contributed by atoms with van der Waals surface area (Å²) >= 11 is 1.78. The van der Waals surface area contributed by atoms with Crippen molar-refractivity contribution in [2.75, 3.05) is 37.4 Å². The molecule has 0 aliphatic carbocycles. The van der Waals surface area contributed by atoms with E-state index < -0.39 is 32.8 Å². The first-order valence-corrected chi connectivity index (χ1v) is 11.1. The van der Waals surface area contributed by atoms with E-state index in [0.29, 0.717) is 13.1 Å². The van der Waals surface area contributed by atoms with E-state index in [1.807, 2.05) is 0 Å². The molecule has 0 N–H and O–H groups in total. The second-order valence-electron chi connectivity index (χ2n) is 7.27. The first-order chi connectivity index (χ1) is 11.0. The van der Waals surface area contributed by atoms with Gasteiger partial charge in [0.1, 0.15) is 11.6 Å². The summed E-state index contributed by atoms with van der Waals surface area (Å²) in [5.74, 6) is 1.55. The number of thioether (sulfide) groups is 1. The summed E-state index contributed by atoms with van der Waals surface area (Å²) in [4.78, 5) is 28.3. The molecule has 2 heterocycles. The first-order valence-electron chi connectivity index (χ1n) is 8.04. The SMILES string of the molecule is CC(C)(C)OC(=O)N1C[C@H](S(C)(=O)=O)C[C@H]1C(=O)N1CCSCC1. The van der Waals surface area contributed by atoms with Crippen LogP contribution in [0, 0.1) is 0 Å². The van der Waals surface area contributed by atoms with Gasteiger partial charge in [0.25, 0.3) is 0 Å². The van der Waals surface area contributed by atoms with Crippen LogP contribution in [0.25, 0.3) is 0 Å². The Morgan fingerprint density at radius 3 is 2.25 bits per heavy atom. The van der Waals surface area contributed by atoms with Gasteiger partial charge in [-0.05, 0) is 27.2 Å². The number of carbonyl (C=O) groups excluding carboxylic acids is 2. The monoisotopic (exact) mass is 378 g/mol. The highest BCUT2D eigenvalue weighted by Gasteiger charge is 2.46. The Bertz CT molecular complexity index is 593. The lowest BCUT2D eigenvalue weighted by Gasteiger charge is -2.33. The summed E-state index contributed by atoms with van der Waals surface area (Å²) in [6.45, 7) is 6.50. The topological polar surface area (TPSA) is 84.0 Å². The highest BCUT2D eigenvalue weighted by atomic mass is 32.2. The van der Waals surface area contributed by atoms with Crippen molar-refractivity contribution in [3.63, 3.8) is 0 Å². The predicted octanol–water partition coefficient (Wildman–Crippen LogP) is 0.984. The molecule has 0 aromatic rings. The fourth-order valence-corrected chi connectivity index (χ4v) is 4.72. The quantitative estimate of drug-likeness (QED) is 0.712. The number of hydrogen-bond donors (Lipinski definition) is 0. The maximum atomic E-state index is 12.8. The molecular weight excluding hydrogens is 352 g/mol. The van der Waals surface area contributed by atoms with E-state index in [2.05, 4.69) is 0 Å². The number of likely N-dealkylation sites (tertiary alicyclic amines) is 1. The van der Waals surface area contributed by atoms with Gasteiger partial charge in [-0.15, -0.1) is 0 Å². The minimum Gasteiger partial charge on any atom is -0.444 e. The zero-order valence-corrected chi connectivity index (χ0v) is 16.3. The number of hydrogen-bond acceptors (Lipinski definition) is 6. The van der Waals surface area contributed by atoms with E-state index in [9.17, 15) is 18.0 Å². The molecule has 2 saturated heterocycles. The van der Waals surface area contributed by atoms with Crippen molar-refractivity contribution < 1.29 is 22.7 Å². The summed E-state index contributed by atoms with van der Waals surface area (Å²) < 4.78 is 29.2. The van der Waals surface area contributed by atoms with Gasteiger partial charge in [-0.25, -0.2) is 13.2 Å². The number of amides is 2. The largest absolute Gasteiger partial charge is 0.444 e. The van der Waals surface area contributed by atoms with E-state index in [4.69, 9.17) is 4.74 Å². The average molecular weight is 379 g/mol. The fraction of sp³-hybridized carbons (Fsp3) is 0.867. The van der Waals surface area contributed by atoms with Gasteiger partial charge >= 0.3 is 6.09 Å². The fourth-order valence-electron chi connectivity index (χ4n) is 2.86. The average Bonchev–Trinajstić information content (AvgIpc) is 2.91. The van der Waals surface area contributed by atoms with Gasteiger partial charge in [0.15, 0.2) is 9.84 Å². The van der Waals surface area contributed by atoms with Crippen molar-refractivity contribution in [1.29, 1.82) is 0 Å². The molecule has 0 radical (unpaired) electrons. The molecule has 0 saturated carbocycles. The zero-order valence-electron chi connectivity index (χ0n) is 14.6. The molecule has 138 valence electrons. The summed E-state index contributed by atoms with van der Waals surface area (Å²) in [5, 5.41) is -0.724.